The second kappa shape index (κ2) is 6.27. The third kappa shape index (κ3) is 4.21. The Morgan fingerprint density at radius 1 is 1.53 bits per heavy atom. The molecule has 1 aliphatic carbocycles. The Bertz CT molecular complexity index is 306. The van der Waals surface area contributed by atoms with E-state index >= 15 is 0 Å². The van der Waals surface area contributed by atoms with Crippen LogP contribution in [0.15, 0.2) is 0 Å². The summed E-state index contributed by atoms with van der Waals surface area (Å²) in [6, 6.07) is 2.23. The largest absolute Gasteiger partial charge is 0.392 e. The van der Waals surface area contributed by atoms with Gasteiger partial charge in [0.2, 0.25) is 5.91 Å². The molecule has 0 radical (unpaired) electrons. The quantitative estimate of drug-likeness (QED) is 0.780. The number of carbonyl (C=O) groups is 1. The third-order valence-corrected chi connectivity index (χ3v) is 4.56. The van der Waals surface area contributed by atoms with E-state index in [0.717, 1.165) is 25.7 Å². The molecule has 1 fully saturated rings. The Morgan fingerprint density at radius 3 is 2.59 bits per heavy atom. The number of aliphatic hydroxyl groups excluding tert-OH is 1. The van der Waals surface area contributed by atoms with E-state index in [1.165, 1.54) is 11.8 Å². The van der Waals surface area contributed by atoms with Gasteiger partial charge in [-0.2, -0.15) is 5.26 Å². The van der Waals surface area contributed by atoms with Gasteiger partial charge in [0.05, 0.1) is 17.9 Å². The third-order valence-electron chi connectivity index (χ3n) is 3.21. The van der Waals surface area contributed by atoms with Crippen molar-refractivity contribution in [3.05, 3.63) is 0 Å². The summed E-state index contributed by atoms with van der Waals surface area (Å²) in [6.45, 7) is 3.60. The van der Waals surface area contributed by atoms with E-state index < -0.39 is 11.6 Å². The van der Waals surface area contributed by atoms with E-state index in [4.69, 9.17) is 5.26 Å². The summed E-state index contributed by atoms with van der Waals surface area (Å²) in [5.74, 6) is 0.195. The van der Waals surface area contributed by atoms with E-state index in [1.807, 2.05) is 6.92 Å². The van der Waals surface area contributed by atoms with Crippen molar-refractivity contribution in [3.63, 3.8) is 0 Å². The summed E-state index contributed by atoms with van der Waals surface area (Å²) < 4.78 is 0. The topological polar surface area (TPSA) is 73.1 Å². The predicted octanol–water partition coefficient (Wildman–Crippen LogP) is 1.44. The van der Waals surface area contributed by atoms with Gasteiger partial charge in [-0.05, 0) is 32.6 Å². The average molecular weight is 256 g/mol. The van der Waals surface area contributed by atoms with Gasteiger partial charge >= 0.3 is 0 Å². The normalized spacial score (nSPS) is 21.5. The zero-order valence-corrected chi connectivity index (χ0v) is 11.2. The van der Waals surface area contributed by atoms with Crippen molar-refractivity contribution in [1.29, 1.82) is 5.26 Å². The lowest BCUT2D eigenvalue weighted by atomic mass is 10.0. The van der Waals surface area contributed by atoms with Crippen LogP contribution in [0.2, 0.25) is 0 Å². The number of amides is 1. The molecule has 0 saturated heterocycles. The summed E-state index contributed by atoms with van der Waals surface area (Å²) >= 11 is 1.41. The van der Waals surface area contributed by atoms with Crippen molar-refractivity contribution in [2.24, 2.45) is 0 Å². The minimum Gasteiger partial charge on any atom is -0.392 e. The molecule has 2 N–H and O–H groups in total. The van der Waals surface area contributed by atoms with E-state index in [0.29, 0.717) is 5.75 Å². The molecular formula is C12H20N2O2S. The lowest BCUT2D eigenvalue weighted by molar-refractivity contribution is -0.119. The first-order chi connectivity index (χ1) is 7.99. The highest BCUT2D eigenvalue weighted by atomic mass is 32.2. The van der Waals surface area contributed by atoms with E-state index in [-0.39, 0.29) is 11.2 Å². The first kappa shape index (κ1) is 14.3. The molecule has 0 spiro atoms. The molecule has 4 nitrogen and oxygen atoms in total. The molecule has 0 aromatic carbocycles. The second-order valence-corrected chi connectivity index (χ2v) is 6.07. The molecule has 0 aromatic heterocycles. The lowest BCUT2D eigenvalue weighted by Crippen LogP contribution is -2.46. The van der Waals surface area contributed by atoms with Crippen LogP contribution in [0.4, 0.5) is 0 Å². The van der Waals surface area contributed by atoms with Gasteiger partial charge in [-0.1, -0.05) is 6.92 Å². The molecular weight excluding hydrogens is 236 g/mol. The molecule has 0 aromatic rings. The molecule has 0 heterocycles. The van der Waals surface area contributed by atoms with Crippen molar-refractivity contribution >= 4 is 17.7 Å². The average Bonchev–Trinajstić information content (AvgIpc) is 2.75. The summed E-state index contributed by atoms with van der Waals surface area (Å²) in [7, 11) is 0. The molecule has 1 rings (SSSR count). The fourth-order valence-electron chi connectivity index (χ4n) is 1.89. The minimum absolute atomic E-state index is 0.0300. The van der Waals surface area contributed by atoms with Crippen molar-refractivity contribution in [1.82, 2.24) is 5.32 Å². The van der Waals surface area contributed by atoms with Crippen LogP contribution in [-0.2, 0) is 4.79 Å². The summed E-state index contributed by atoms with van der Waals surface area (Å²) in [4.78, 5) is 11.7. The fourth-order valence-corrected chi connectivity index (χ4v) is 2.66. The minimum atomic E-state index is -0.633. The number of nitriles is 1. The van der Waals surface area contributed by atoms with Gasteiger partial charge in [-0.15, -0.1) is 11.8 Å². The molecule has 0 bridgehead atoms. The van der Waals surface area contributed by atoms with E-state index in [9.17, 15) is 9.90 Å². The molecule has 96 valence electrons. The van der Waals surface area contributed by atoms with Crippen LogP contribution < -0.4 is 5.32 Å². The smallest absolute Gasteiger partial charge is 0.231 e. The number of nitrogens with one attached hydrogen (secondary N) is 1. The fraction of sp³-hybridized carbons (Fsp3) is 0.833. The van der Waals surface area contributed by atoms with Crippen LogP contribution in [-0.4, -0.2) is 33.7 Å². The maximum absolute atomic E-state index is 11.7. The van der Waals surface area contributed by atoms with Crippen LogP contribution in [0.3, 0.4) is 0 Å². The maximum Gasteiger partial charge on any atom is 0.231 e. The van der Waals surface area contributed by atoms with Crippen LogP contribution in [0.25, 0.3) is 0 Å². The highest BCUT2D eigenvalue weighted by Gasteiger charge is 2.35. The molecule has 0 aliphatic heterocycles. The lowest BCUT2D eigenvalue weighted by Gasteiger charge is -2.22. The van der Waals surface area contributed by atoms with Gasteiger partial charge in [0, 0.05) is 5.25 Å². The SMILES string of the molecule is CC(O)C(C)SCC(=O)NC1(C#N)CCCC1. The number of hydrogen-bond donors (Lipinski definition) is 2. The molecule has 2 atom stereocenters. The summed E-state index contributed by atoms with van der Waals surface area (Å²) in [5, 5.41) is 21.3. The Labute approximate surface area is 107 Å². The van der Waals surface area contributed by atoms with Crippen molar-refractivity contribution < 1.29 is 9.90 Å². The number of thioether (sulfide) groups is 1. The van der Waals surface area contributed by atoms with Crippen molar-refractivity contribution in [2.75, 3.05) is 5.75 Å². The predicted molar refractivity (Wildman–Crippen MR) is 68.6 cm³/mol. The Hall–Kier alpha value is -0.730. The number of aliphatic hydroxyl groups is 1. The zero-order valence-electron chi connectivity index (χ0n) is 10.4. The molecule has 17 heavy (non-hydrogen) atoms. The molecule has 1 amide bonds. The Balaban J connectivity index is 2.37. The Morgan fingerprint density at radius 2 is 2.12 bits per heavy atom. The van der Waals surface area contributed by atoms with Crippen molar-refractivity contribution in [3.8, 4) is 6.07 Å². The number of carbonyl (C=O) groups excluding carboxylic acids is 1. The monoisotopic (exact) mass is 256 g/mol. The van der Waals surface area contributed by atoms with Crippen LogP contribution in [0.1, 0.15) is 39.5 Å². The molecule has 5 heteroatoms. The highest BCUT2D eigenvalue weighted by Crippen LogP contribution is 2.29. The highest BCUT2D eigenvalue weighted by molar-refractivity contribution is 8.00. The number of hydrogen-bond acceptors (Lipinski definition) is 4. The standard InChI is InChI=1S/C12H20N2O2S/c1-9(15)10(2)17-7-11(16)14-12(8-13)5-3-4-6-12/h9-10,15H,3-7H2,1-2H3,(H,14,16). The Kier molecular flexibility index (Phi) is 5.29. The molecule has 2 unspecified atom stereocenters. The first-order valence-electron chi connectivity index (χ1n) is 6.01. The van der Waals surface area contributed by atoms with Crippen molar-refractivity contribution in [2.45, 2.75) is 56.4 Å². The molecule has 1 saturated carbocycles. The van der Waals surface area contributed by atoms with Crippen LogP contribution in [0, 0.1) is 11.3 Å². The van der Waals surface area contributed by atoms with E-state index in [1.54, 1.807) is 6.92 Å². The van der Waals surface area contributed by atoms with Crippen LogP contribution in [0.5, 0.6) is 0 Å². The zero-order chi connectivity index (χ0) is 12.9. The second-order valence-electron chi connectivity index (χ2n) is 4.71. The van der Waals surface area contributed by atoms with Gasteiger partial charge in [0.15, 0.2) is 0 Å². The van der Waals surface area contributed by atoms with Gasteiger partial charge in [-0.3, -0.25) is 4.79 Å². The van der Waals surface area contributed by atoms with Gasteiger partial charge in [0.25, 0.3) is 0 Å². The summed E-state index contributed by atoms with van der Waals surface area (Å²) in [6.07, 6.45) is 3.10. The number of nitrogens with zero attached hydrogens (tertiary/aromatic N) is 1. The maximum atomic E-state index is 11.7. The van der Waals surface area contributed by atoms with Gasteiger partial charge < -0.3 is 10.4 Å². The van der Waals surface area contributed by atoms with Gasteiger partial charge in [0.1, 0.15) is 5.54 Å². The summed E-state index contributed by atoms with van der Waals surface area (Å²) in [5.41, 5.74) is -0.633. The molecule has 1 aliphatic rings. The van der Waals surface area contributed by atoms with Crippen LogP contribution >= 0.6 is 11.8 Å². The number of rotatable bonds is 5. The van der Waals surface area contributed by atoms with Gasteiger partial charge in [-0.25, -0.2) is 0 Å². The van der Waals surface area contributed by atoms with E-state index in [2.05, 4.69) is 11.4 Å². The first-order valence-corrected chi connectivity index (χ1v) is 7.06.